The van der Waals surface area contributed by atoms with Crippen LogP contribution in [0, 0.1) is 5.92 Å². The number of carbonyl (C=O) groups excluding carboxylic acids is 1. The highest BCUT2D eigenvalue weighted by molar-refractivity contribution is 7.80. The first-order valence-electron chi connectivity index (χ1n) is 5.90. The molecule has 0 aromatic carbocycles. The van der Waals surface area contributed by atoms with Gasteiger partial charge in [-0.25, -0.2) is 0 Å². The van der Waals surface area contributed by atoms with Crippen LogP contribution in [0.3, 0.4) is 0 Å². The lowest BCUT2D eigenvalue weighted by atomic mass is 10.0. The molecule has 0 bridgehead atoms. The summed E-state index contributed by atoms with van der Waals surface area (Å²) in [5.41, 5.74) is -0.102. The van der Waals surface area contributed by atoms with Crippen molar-refractivity contribution in [3.05, 3.63) is 46.9 Å². The lowest BCUT2D eigenvalue weighted by Crippen LogP contribution is -2.24. The molecule has 1 atom stereocenters. The van der Waals surface area contributed by atoms with Crippen LogP contribution in [0.25, 0.3) is 0 Å². The van der Waals surface area contributed by atoms with E-state index in [1.54, 1.807) is 24.4 Å². The molecule has 1 heterocycles. The zero-order valence-corrected chi connectivity index (χ0v) is 11.4. The average Bonchev–Trinajstić information content (AvgIpc) is 2.34. The average molecular weight is 263 g/mol. The van der Waals surface area contributed by atoms with Crippen LogP contribution >= 0.6 is 12.2 Å². The van der Waals surface area contributed by atoms with Gasteiger partial charge in [0, 0.05) is 12.3 Å². The smallest absolute Gasteiger partial charge is 0.255 e. The van der Waals surface area contributed by atoms with Crippen LogP contribution in [0.5, 0.6) is 0 Å². The molecule has 0 N–H and O–H groups in total. The quantitative estimate of drug-likeness (QED) is 0.605. The van der Waals surface area contributed by atoms with Gasteiger partial charge >= 0.3 is 0 Å². The van der Waals surface area contributed by atoms with Gasteiger partial charge in [-0.3, -0.25) is 14.2 Å². The topological polar surface area (TPSA) is 39.1 Å². The fourth-order valence-corrected chi connectivity index (χ4v) is 1.77. The zero-order chi connectivity index (χ0) is 13.5. The van der Waals surface area contributed by atoms with Gasteiger partial charge in [0.15, 0.2) is 5.78 Å². The molecule has 0 aliphatic carbocycles. The highest BCUT2D eigenvalue weighted by Gasteiger charge is 2.04. The van der Waals surface area contributed by atoms with Crippen LogP contribution in [0.2, 0.25) is 0 Å². The van der Waals surface area contributed by atoms with Crippen molar-refractivity contribution in [2.75, 3.05) is 0 Å². The van der Waals surface area contributed by atoms with Crippen LogP contribution in [0.15, 0.2) is 41.3 Å². The number of hydrogen-bond acceptors (Lipinski definition) is 3. The third-order valence-electron chi connectivity index (χ3n) is 2.56. The standard InChI is InChI=1S/C14H17NO2S/c1-11(6-8-12(2)16)7-9-14(18)15-10-4-3-5-13(15)17/h3-6,8,10-11H,7,9H2,1-2H3/b8-6-. The molecule has 0 amide bonds. The summed E-state index contributed by atoms with van der Waals surface area (Å²) in [6.45, 7) is 3.55. The fourth-order valence-electron chi connectivity index (χ4n) is 1.50. The van der Waals surface area contributed by atoms with Gasteiger partial charge in [0.25, 0.3) is 5.56 Å². The number of aromatic nitrogens is 1. The van der Waals surface area contributed by atoms with E-state index >= 15 is 0 Å². The van der Waals surface area contributed by atoms with Gasteiger partial charge < -0.3 is 0 Å². The Hall–Kier alpha value is -1.55. The van der Waals surface area contributed by atoms with E-state index in [0.717, 1.165) is 6.42 Å². The minimum Gasteiger partial charge on any atom is -0.295 e. The Balaban J connectivity index is 2.55. The van der Waals surface area contributed by atoms with Crippen molar-refractivity contribution in [2.45, 2.75) is 26.7 Å². The Morgan fingerprint density at radius 3 is 2.83 bits per heavy atom. The van der Waals surface area contributed by atoms with Gasteiger partial charge in [0.05, 0.1) is 4.99 Å². The van der Waals surface area contributed by atoms with E-state index in [0.29, 0.717) is 11.4 Å². The summed E-state index contributed by atoms with van der Waals surface area (Å²) in [5.74, 6) is 0.315. The normalized spacial score (nSPS) is 12.6. The molecule has 0 saturated heterocycles. The van der Waals surface area contributed by atoms with Crippen molar-refractivity contribution < 1.29 is 4.79 Å². The Labute approximate surface area is 112 Å². The molecule has 18 heavy (non-hydrogen) atoms. The second-order valence-electron chi connectivity index (χ2n) is 4.29. The molecule has 0 aliphatic rings. The second kappa shape index (κ2) is 7.01. The lowest BCUT2D eigenvalue weighted by Gasteiger charge is -2.09. The molecule has 0 fully saturated rings. The summed E-state index contributed by atoms with van der Waals surface area (Å²) in [5, 5.41) is 0. The predicted octanol–water partition coefficient (Wildman–Crippen LogP) is 2.59. The third kappa shape index (κ3) is 4.75. The van der Waals surface area contributed by atoms with Gasteiger partial charge in [0.1, 0.15) is 0 Å². The molecule has 0 radical (unpaired) electrons. The van der Waals surface area contributed by atoms with Gasteiger partial charge in [-0.2, -0.15) is 0 Å². The molecular formula is C14H17NO2S. The molecule has 3 nitrogen and oxygen atoms in total. The number of allylic oxidation sites excluding steroid dienone is 2. The van der Waals surface area contributed by atoms with Crippen molar-refractivity contribution in [1.29, 1.82) is 0 Å². The predicted molar refractivity (Wildman–Crippen MR) is 76.9 cm³/mol. The van der Waals surface area contributed by atoms with Crippen molar-refractivity contribution in [3.63, 3.8) is 0 Å². The Morgan fingerprint density at radius 1 is 1.50 bits per heavy atom. The number of thiocarbonyl (C=S) groups is 1. The van der Waals surface area contributed by atoms with Crippen molar-refractivity contribution in [2.24, 2.45) is 5.92 Å². The molecule has 0 saturated carbocycles. The minimum atomic E-state index is -0.102. The highest BCUT2D eigenvalue weighted by atomic mass is 32.1. The second-order valence-corrected chi connectivity index (χ2v) is 4.76. The van der Waals surface area contributed by atoms with Gasteiger partial charge in [-0.05, 0) is 37.8 Å². The van der Waals surface area contributed by atoms with Gasteiger partial charge in [0.2, 0.25) is 0 Å². The number of ketones is 1. The Bertz CT molecular complexity index is 517. The number of rotatable bonds is 5. The van der Waals surface area contributed by atoms with E-state index in [1.165, 1.54) is 17.6 Å². The largest absolute Gasteiger partial charge is 0.295 e. The number of pyridine rings is 1. The van der Waals surface area contributed by atoms with Crippen LogP contribution in [-0.4, -0.2) is 15.3 Å². The molecule has 4 heteroatoms. The summed E-state index contributed by atoms with van der Waals surface area (Å²) in [6.07, 6.45) is 6.61. The van der Waals surface area contributed by atoms with E-state index in [9.17, 15) is 9.59 Å². The van der Waals surface area contributed by atoms with Crippen molar-refractivity contribution in [3.8, 4) is 0 Å². The van der Waals surface area contributed by atoms with Gasteiger partial charge in [-0.15, -0.1) is 0 Å². The van der Waals surface area contributed by atoms with E-state index in [2.05, 4.69) is 0 Å². The van der Waals surface area contributed by atoms with Crippen molar-refractivity contribution in [1.82, 2.24) is 4.57 Å². The summed E-state index contributed by atoms with van der Waals surface area (Å²) in [4.78, 5) is 22.9. The van der Waals surface area contributed by atoms with Crippen molar-refractivity contribution >= 4 is 23.0 Å². The first kappa shape index (κ1) is 14.5. The molecule has 0 spiro atoms. The summed E-state index contributed by atoms with van der Waals surface area (Å²) in [6, 6.07) is 4.97. The molecule has 1 aromatic rings. The molecule has 96 valence electrons. The zero-order valence-electron chi connectivity index (χ0n) is 10.6. The van der Waals surface area contributed by atoms with Crippen LogP contribution in [0.4, 0.5) is 0 Å². The van der Waals surface area contributed by atoms with E-state index < -0.39 is 0 Å². The maximum Gasteiger partial charge on any atom is 0.255 e. The number of hydrogen-bond donors (Lipinski definition) is 0. The number of nitrogens with zero attached hydrogens (tertiary/aromatic N) is 1. The summed E-state index contributed by atoms with van der Waals surface area (Å²) >= 11 is 5.23. The molecular weight excluding hydrogens is 246 g/mol. The maximum absolute atomic E-state index is 11.5. The minimum absolute atomic E-state index is 0.0451. The summed E-state index contributed by atoms with van der Waals surface area (Å²) < 4.78 is 1.48. The highest BCUT2D eigenvalue weighted by Crippen LogP contribution is 2.08. The van der Waals surface area contributed by atoms with Crippen LogP contribution in [-0.2, 0) is 4.79 Å². The molecule has 1 unspecified atom stereocenters. The first-order valence-corrected chi connectivity index (χ1v) is 6.31. The SMILES string of the molecule is CC(=O)/C=C\C(C)CCC(=S)n1ccccc1=O. The Kier molecular flexibility index (Phi) is 5.65. The van der Waals surface area contributed by atoms with E-state index in [1.807, 2.05) is 13.0 Å². The van der Waals surface area contributed by atoms with Crippen LogP contribution in [0.1, 0.15) is 26.7 Å². The first-order chi connectivity index (χ1) is 8.50. The fraction of sp³-hybridized carbons (Fsp3) is 0.357. The lowest BCUT2D eigenvalue weighted by molar-refractivity contribution is -0.112. The molecule has 1 aromatic heterocycles. The number of carbonyl (C=O) groups is 1. The molecule has 1 rings (SSSR count). The van der Waals surface area contributed by atoms with Gasteiger partial charge in [-0.1, -0.05) is 31.3 Å². The third-order valence-corrected chi connectivity index (χ3v) is 2.97. The summed E-state index contributed by atoms with van der Waals surface area (Å²) in [7, 11) is 0. The Morgan fingerprint density at radius 2 is 2.22 bits per heavy atom. The van der Waals surface area contributed by atoms with E-state index in [-0.39, 0.29) is 17.3 Å². The van der Waals surface area contributed by atoms with Crippen LogP contribution < -0.4 is 5.56 Å². The van der Waals surface area contributed by atoms with E-state index in [4.69, 9.17) is 12.2 Å². The monoisotopic (exact) mass is 263 g/mol. The maximum atomic E-state index is 11.5. The molecule has 0 aliphatic heterocycles.